The SMILES string of the molecule is CCN(Cc1cccs1)S(=O)(=O)c1cc(C)c(CO)s1. The van der Waals surface area contributed by atoms with Gasteiger partial charge >= 0.3 is 0 Å². The molecule has 1 N–H and O–H groups in total. The highest BCUT2D eigenvalue weighted by Gasteiger charge is 2.26. The third-order valence-electron chi connectivity index (χ3n) is 3.00. The zero-order chi connectivity index (χ0) is 14.8. The van der Waals surface area contributed by atoms with Crippen molar-refractivity contribution < 1.29 is 13.5 Å². The number of aliphatic hydroxyl groups is 1. The van der Waals surface area contributed by atoms with Gasteiger partial charge in [-0.05, 0) is 30.0 Å². The predicted molar refractivity (Wildman–Crippen MR) is 82.6 cm³/mol. The van der Waals surface area contributed by atoms with E-state index >= 15 is 0 Å². The van der Waals surface area contributed by atoms with Gasteiger partial charge in [-0.1, -0.05) is 13.0 Å². The normalized spacial score (nSPS) is 12.2. The van der Waals surface area contributed by atoms with E-state index in [0.717, 1.165) is 21.8 Å². The summed E-state index contributed by atoms with van der Waals surface area (Å²) < 4.78 is 27.0. The molecule has 4 nitrogen and oxygen atoms in total. The van der Waals surface area contributed by atoms with Crippen molar-refractivity contribution in [3.8, 4) is 0 Å². The van der Waals surface area contributed by atoms with E-state index < -0.39 is 10.0 Å². The van der Waals surface area contributed by atoms with Gasteiger partial charge in [-0.2, -0.15) is 4.31 Å². The molecule has 0 fully saturated rings. The van der Waals surface area contributed by atoms with Crippen LogP contribution in [0.4, 0.5) is 0 Å². The van der Waals surface area contributed by atoms with E-state index in [1.54, 1.807) is 17.4 Å². The fraction of sp³-hybridized carbons (Fsp3) is 0.385. The highest BCUT2D eigenvalue weighted by Crippen LogP contribution is 2.29. The predicted octanol–water partition coefficient (Wildman–Crippen LogP) is 2.82. The van der Waals surface area contributed by atoms with E-state index in [-0.39, 0.29) is 6.61 Å². The molecule has 0 spiro atoms. The molecule has 110 valence electrons. The minimum absolute atomic E-state index is 0.122. The molecule has 0 amide bonds. The van der Waals surface area contributed by atoms with Gasteiger partial charge in [0.2, 0.25) is 0 Å². The summed E-state index contributed by atoms with van der Waals surface area (Å²) >= 11 is 2.69. The van der Waals surface area contributed by atoms with Crippen molar-refractivity contribution in [1.29, 1.82) is 0 Å². The van der Waals surface area contributed by atoms with Gasteiger partial charge in [0, 0.05) is 22.8 Å². The lowest BCUT2D eigenvalue weighted by atomic mass is 10.3. The number of nitrogens with zero attached hydrogens (tertiary/aromatic N) is 1. The number of sulfonamides is 1. The summed E-state index contributed by atoms with van der Waals surface area (Å²) in [6, 6.07) is 5.49. The van der Waals surface area contributed by atoms with Crippen LogP contribution in [0.3, 0.4) is 0 Å². The van der Waals surface area contributed by atoms with Crippen LogP contribution in [0, 0.1) is 6.92 Å². The van der Waals surface area contributed by atoms with Crippen LogP contribution in [0.25, 0.3) is 0 Å². The molecular formula is C13H17NO3S3. The van der Waals surface area contributed by atoms with E-state index in [9.17, 15) is 13.5 Å². The molecule has 0 aliphatic carbocycles. The summed E-state index contributed by atoms with van der Waals surface area (Å²) in [6.45, 7) is 4.34. The van der Waals surface area contributed by atoms with Gasteiger partial charge in [-0.25, -0.2) is 8.42 Å². The lowest BCUT2D eigenvalue weighted by Gasteiger charge is -2.18. The lowest BCUT2D eigenvalue weighted by molar-refractivity contribution is 0.285. The number of aryl methyl sites for hydroxylation is 1. The molecule has 0 aliphatic heterocycles. The van der Waals surface area contributed by atoms with E-state index in [1.165, 1.54) is 4.31 Å². The fourth-order valence-corrected chi connectivity index (χ4v) is 5.68. The van der Waals surface area contributed by atoms with Crippen LogP contribution in [-0.2, 0) is 23.2 Å². The minimum Gasteiger partial charge on any atom is -0.391 e. The lowest BCUT2D eigenvalue weighted by Crippen LogP contribution is -2.29. The zero-order valence-corrected chi connectivity index (χ0v) is 13.8. The maximum atomic E-state index is 12.6. The summed E-state index contributed by atoms with van der Waals surface area (Å²) in [5.41, 5.74) is 0.822. The Morgan fingerprint density at radius 3 is 2.65 bits per heavy atom. The second-order valence-corrected chi connectivity index (χ2v) is 8.67. The van der Waals surface area contributed by atoms with Crippen LogP contribution in [-0.4, -0.2) is 24.4 Å². The van der Waals surface area contributed by atoms with Crippen molar-refractivity contribution in [2.24, 2.45) is 0 Å². The Kier molecular flexibility index (Phi) is 4.98. The van der Waals surface area contributed by atoms with Crippen LogP contribution in [0.2, 0.25) is 0 Å². The summed E-state index contributed by atoms with van der Waals surface area (Å²) in [5.74, 6) is 0. The Hall–Kier alpha value is -0.730. The first-order valence-electron chi connectivity index (χ1n) is 6.21. The van der Waals surface area contributed by atoms with Crippen LogP contribution >= 0.6 is 22.7 Å². The largest absolute Gasteiger partial charge is 0.391 e. The van der Waals surface area contributed by atoms with Crippen molar-refractivity contribution >= 4 is 32.7 Å². The first-order valence-corrected chi connectivity index (χ1v) is 9.35. The number of aliphatic hydroxyl groups excluding tert-OH is 1. The van der Waals surface area contributed by atoms with Gasteiger partial charge in [0.1, 0.15) is 4.21 Å². The molecule has 0 saturated carbocycles. The van der Waals surface area contributed by atoms with Crippen molar-refractivity contribution in [3.05, 3.63) is 38.9 Å². The van der Waals surface area contributed by atoms with Crippen molar-refractivity contribution in [2.75, 3.05) is 6.54 Å². The van der Waals surface area contributed by atoms with Gasteiger partial charge in [-0.15, -0.1) is 22.7 Å². The van der Waals surface area contributed by atoms with Crippen molar-refractivity contribution in [2.45, 2.75) is 31.2 Å². The molecule has 0 saturated heterocycles. The average Bonchev–Trinajstić information content (AvgIpc) is 3.04. The van der Waals surface area contributed by atoms with E-state index in [4.69, 9.17) is 0 Å². The molecular weight excluding hydrogens is 314 g/mol. The third-order valence-corrected chi connectivity index (χ3v) is 7.45. The number of thiophene rings is 2. The number of rotatable bonds is 6. The number of hydrogen-bond donors (Lipinski definition) is 1. The number of hydrogen-bond acceptors (Lipinski definition) is 5. The Morgan fingerprint density at radius 2 is 2.15 bits per heavy atom. The molecule has 0 unspecified atom stereocenters. The van der Waals surface area contributed by atoms with Crippen molar-refractivity contribution in [3.63, 3.8) is 0 Å². The van der Waals surface area contributed by atoms with Gasteiger partial charge in [-0.3, -0.25) is 0 Å². The second kappa shape index (κ2) is 6.36. The average molecular weight is 331 g/mol. The van der Waals surface area contributed by atoms with Crippen molar-refractivity contribution in [1.82, 2.24) is 4.31 Å². The molecule has 20 heavy (non-hydrogen) atoms. The zero-order valence-electron chi connectivity index (χ0n) is 11.4. The van der Waals surface area contributed by atoms with Gasteiger partial charge in [0.05, 0.1) is 6.61 Å². The molecule has 0 aliphatic rings. The van der Waals surface area contributed by atoms with Crippen LogP contribution < -0.4 is 0 Å². The standard InChI is InChI=1S/C13H17NO3S3/c1-3-14(8-11-5-4-6-18-11)20(16,17)13-7-10(2)12(9-15)19-13/h4-7,15H,3,8-9H2,1-2H3. The maximum absolute atomic E-state index is 12.6. The highest BCUT2D eigenvalue weighted by molar-refractivity contribution is 7.91. The molecule has 0 bridgehead atoms. The first-order chi connectivity index (χ1) is 9.48. The molecule has 2 heterocycles. The quantitative estimate of drug-likeness (QED) is 0.885. The van der Waals surface area contributed by atoms with Gasteiger partial charge in [0.15, 0.2) is 0 Å². The highest BCUT2D eigenvalue weighted by atomic mass is 32.2. The summed E-state index contributed by atoms with van der Waals surface area (Å²) in [5, 5.41) is 11.1. The van der Waals surface area contributed by atoms with E-state index in [1.807, 2.05) is 31.4 Å². The molecule has 0 radical (unpaired) electrons. The Balaban J connectivity index is 2.31. The molecule has 7 heteroatoms. The molecule has 2 rings (SSSR count). The smallest absolute Gasteiger partial charge is 0.252 e. The summed E-state index contributed by atoms with van der Waals surface area (Å²) in [7, 11) is -3.49. The Labute approximate surface area is 127 Å². The van der Waals surface area contributed by atoms with Crippen LogP contribution in [0.5, 0.6) is 0 Å². The summed E-state index contributed by atoms with van der Waals surface area (Å²) in [4.78, 5) is 1.72. The molecule has 0 atom stereocenters. The molecule has 2 aromatic heterocycles. The fourth-order valence-electron chi connectivity index (χ4n) is 1.84. The molecule has 0 aromatic carbocycles. The maximum Gasteiger partial charge on any atom is 0.252 e. The second-order valence-electron chi connectivity index (χ2n) is 4.34. The van der Waals surface area contributed by atoms with E-state index in [2.05, 4.69) is 0 Å². The monoisotopic (exact) mass is 331 g/mol. The van der Waals surface area contributed by atoms with E-state index in [0.29, 0.717) is 22.2 Å². The molecule has 2 aromatic rings. The van der Waals surface area contributed by atoms with Crippen LogP contribution in [0.15, 0.2) is 27.8 Å². The minimum atomic E-state index is -3.49. The summed E-state index contributed by atoms with van der Waals surface area (Å²) in [6.07, 6.45) is 0. The first kappa shape index (κ1) is 15.7. The topological polar surface area (TPSA) is 57.6 Å². The van der Waals surface area contributed by atoms with Crippen LogP contribution in [0.1, 0.15) is 22.2 Å². The Morgan fingerprint density at radius 1 is 1.40 bits per heavy atom. The van der Waals surface area contributed by atoms with Gasteiger partial charge < -0.3 is 5.11 Å². The third kappa shape index (κ3) is 3.12. The van der Waals surface area contributed by atoms with Gasteiger partial charge in [0.25, 0.3) is 10.0 Å². The Bertz CT molecular complexity index is 659.